The van der Waals surface area contributed by atoms with Crippen LogP contribution in [0.3, 0.4) is 0 Å². The first-order valence-electron chi connectivity index (χ1n) is 4.75. The Kier molecular flexibility index (Phi) is 3.84. The Morgan fingerprint density at radius 1 is 1.50 bits per heavy atom. The number of aromatic nitrogens is 1. The fourth-order valence-corrected chi connectivity index (χ4v) is 2.97. The number of hydrogen-bond donors (Lipinski definition) is 1. The number of pyridine rings is 1. The molecule has 2 nitrogen and oxygen atoms in total. The van der Waals surface area contributed by atoms with Gasteiger partial charge in [-0.25, -0.2) is 0 Å². The minimum Gasteiger partial charge on any atom is -0.379 e. The Balaban J connectivity index is 1.99. The summed E-state index contributed by atoms with van der Waals surface area (Å²) in [6.45, 7) is 2.74. The number of halogens is 2. The maximum Gasteiger partial charge on any atom is 0.107 e. The molecular formula is C11H10BrClN2S. The fraction of sp³-hybridized carbons (Fsp3) is 0.182. The summed E-state index contributed by atoms with van der Waals surface area (Å²) in [4.78, 5) is 5.41. The van der Waals surface area contributed by atoms with Gasteiger partial charge in [0.2, 0.25) is 0 Å². The number of anilines is 1. The van der Waals surface area contributed by atoms with E-state index in [0.717, 1.165) is 26.7 Å². The average molecular weight is 318 g/mol. The smallest absolute Gasteiger partial charge is 0.107 e. The second-order valence-electron chi connectivity index (χ2n) is 3.38. The molecule has 2 aromatic heterocycles. The highest BCUT2D eigenvalue weighted by atomic mass is 79.9. The summed E-state index contributed by atoms with van der Waals surface area (Å²) in [6, 6.07) is 6.04. The topological polar surface area (TPSA) is 24.9 Å². The van der Waals surface area contributed by atoms with Gasteiger partial charge in [-0.1, -0.05) is 11.6 Å². The highest BCUT2D eigenvalue weighted by molar-refractivity contribution is 9.10. The van der Waals surface area contributed by atoms with Crippen molar-refractivity contribution in [1.29, 1.82) is 0 Å². The molecule has 0 aromatic carbocycles. The molecule has 0 unspecified atom stereocenters. The van der Waals surface area contributed by atoms with Crippen LogP contribution in [-0.2, 0) is 6.54 Å². The van der Waals surface area contributed by atoms with Crippen LogP contribution in [0.5, 0.6) is 0 Å². The minimum atomic E-state index is 0.765. The van der Waals surface area contributed by atoms with E-state index in [2.05, 4.69) is 26.2 Å². The fourth-order valence-electron chi connectivity index (χ4n) is 1.24. The molecule has 84 valence electrons. The molecule has 2 rings (SSSR count). The molecule has 0 saturated carbocycles. The number of nitrogens with zero attached hydrogens (tertiary/aromatic N) is 1. The zero-order valence-electron chi connectivity index (χ0n) is 8.63. The maximum atomic E-state index is 5.96. The van der Waals surface area contributed by atoms with Crippen molar-refractivity contribution in [2.45, 2.75) is 13.5 Å². The van der Waals surface area contributed by atoms with Crippen LogP contribution in [0, 0.1) is 6.92 Å². The third-order valence-corrected chi connectivity index (χ3v) is 4.55. The molecule has 2 heterocycles. The van der Waals surface area contributed by atoms with E-state index in [9.17, 15) is 0 Å². The predicted octanol–water partition coefficient (Wildman–Crippen LogP) is 4.48. The van der Waals surface area contributed by atoms with Gasteiger partial charge in [0.15, 0.2) is 0 Å². The minimum absolute atomic E-state index is 0.765. The van der Waals surface area contributed by atoms with Crippen LogP contribution in [-0.4, -0.2) is 4.98 Å². The summed E-state index contributed by atoms with van der Waals surface area (Å²) in [6.07, 6.45) is 1.83. The van der Waals surface area contributed by atoms with Crippen molar-refractivity contribution in [3.05, 3.63) is 43.8 Å². The molecule has 0 fully saturated rings. The number of hydrogen-bond acceptors (Lipinski definition) is 3. The van der Waals surface area contributed by atoms with Crippen molar-refractivity contribution in [3.8, 4) is 0 Å². The molecule has 1 N–H and O–H groups in total. The van der Waals surface area contributed by atoms with E-state index < -0.39 is 0 Å². The molecule has 0 radical (unpaired) electrons. The van der Waals surface area contributed by atoms with Gasteiger partial charge >= 0.3 is 0 Å². The van der Waals surface area contributed by atoms with E-state index in [1.54, 1.807) is 11.3 Å². The number of aryl methyl sites for hydroxylation is 1. The highest BCUT2D eigenvalue weighted by Gasteiger charge is 2.04. The lowest BCUT2D eigenvalue weighted by molar-refractivity contribution is 1.15. The second kappa shape index (κ2) is 5.17. The zero-order chi connectivity index (χ0) is 11.5. The molecule has 0 amide bonds. The SMILES string of the molecule is Cc1ccc(NCc2cc(Br)c(Cl)s2)cn1. The van der Waals surface area contributed by atoms with Crippen LogP contribution < -0.4 is 5.32 Å². The average Bonchev–Trinajstić information content (AvgIpc) is 2.58. The van der Waals surface area contributed by atoms with E-state index >= 15 is 0 Å². The van der Waals surface area contributed by atoms with Crippen molar-refractivity contribution >= 4 is 44.6 Å². The molecule has 5 heteroatoms. The molecule has 0 aliphatic heterocycles. The molecule has 2 aromatic rings. The van der Waals surface area contributed by atoms with Gasteiger partial charge in [-0.15, -0.1) is 11.3 Å². The molecule has 0 aliphatic carbocycles. The molecule has 0 atom stereocenters. The van der Waals surface area contributed by atoms with Crippen LogP contribution in [0.4, 0.5) is 5.69 Å². The Morgan fingerprint density at radius 2 is 2.31 bits per heavy atom. The molecule has 0 saturated heterocycles. The third-order valence-electron chi connectivity index (χ3n) is 2.07. The van der Waals surface area contributed by atoms with Crippen LogP contribution in [0.15, 0.2) is 28.9 Å². The molecule has 0 aliphatic rings. The van der Waals surface area contributed by atoms with E-state index in [4.69, 9.17) is 11.6 Å². The van der Waals surface area contributed by atoms with Gasteiger partial charge < -0.3 is 5.32 Å². The maximum absolute atomic E-state index is 5.96. The van der Waals surface area contributed by atoms with Crippen molar-refractivity contribution in [2.24, 2.45) is 0 Å². The monoisotopic (exact) mass is 316 g/mol. The van der Waals surface area contributed by atoms with Gasteiger partial charge in [-0.3, -0.25) is 4.98 Å². The van der Waals surface area contributed by atoms with E-state index in [1.807, 2.05) is 31.3 Å². The number of thiophene rings is 1. The quantitative estimate of drug-likeness (QED) is 0.903. The lowest BCUT2D eigenvalue weighted by Gasteiger charge is -2.03. The zero-order valence-corrected chi connectivity index (χ0v) is 11.8. The van der Waals surface area contributed by atoms with Gasteiger partial charge in [0.25, 0.3) is 0 Å². The van der Waals surface area contributed by atoms with Gasteiger partial charge in [-0.05, 0) is 41.1 Å². The largest absolute Gasteiger partial charge is 0.379 e. The normalized spacial score (nSPS) is 10.4. The third kappa shape index (κ3) is 2.97. The van der Waals surface area contributed by atoms with Gasteiger partial charge in [0.1, 0.15) is 4.34 Å². The Labute approximate surface area is 112 Å². The molecule has 16 heavy (non-hydrogen) atoms. The molecular weight excluding hydrogens is 308 g/mol. The van der Waals surface area contributed by atoms with Crippen molar-refractivity contribution in [1.82, 2.24) is 4.98 Å². The summed E-state index contributed by atoms with van der Waals surface area (Å²) >= 11 is 10.9. The summed E-state index contributed by atoms with van der Waals surface area (Å²) in [5.74, 6) is 0. The van der Waals surface area contributed by atoms with Crippen molar-refractivity contribution in [2.75, 3.05) is 5.32 Å². The van der Waals surface area contributed by atoms with Crippen molar-refractivity contribution in [3.63, 3.8) is 0 Å². The predicted molar refractivity (Wildman–Crippen MR) is 73.3 cm³/mol. The Morgan fingerprint density at radius 3 is 2.88 bits per heavy atom. The van der Waals surface area contributed by atoms with E-state index in [0.29, 0.717) is 0 Å². The second-order valence-corrected chi connectivity index (χ2v) is 5.97. The lowest BCUT2D eigenvalue weighted by Crippen LogP contribution is -1.97. The Bertz CT molecular complexity index is 462. The van der Waals surface area contributed by atoms with E-state index in [-0.39, 0.29) is 0 Å². The van der Waals surface area contributed by atoms with Crippen LogP contribution in [0.2, 0.25) is 4.34 Å². The van der Waals surface area contributed by atoms with Gasteiger partial charge in [0, 0.05) is 21.6 Å². The lowest BCUT2D eigenvalue weighted by atomic mass is 10.3. The number of rotatable bonds is 3. The highest BCUT2D eigenvalue weighted by Crippen LogP contribution is 2.32. The summed E-state index contributed by atoms with van der Waals surface area (Å²) in [5, 5.41) is 3.30. The van der Waals surface area contributed by atoms with Crippen LogP contribution >= 0.6 is 38.9 Å². The van der Waals surface area contributed by atoms with Crippen LogP contribution in [0.25, 0.3) is 0 Å². The van der Waals surface area contributed by atoms with Gasteiger partial charge in [0.05, 0.1) is 11.9 Å². The van der Waals surface area contributed by atoms with Crippen LogP contribution in [0.1, 0.15) is 10.6 Å². The first kappa shape index (κ1) is 11.9. The summed E-state index contributed by atoms with van der Waals surface area (Å²) < 4.78 is 1.75. The van der Waals surface area contributed by atoms with Crippen molar-refractivity contribution < 1.29 is 0 Å². The first-order valence-corrected chi connectivity index (χ1v) is 6.74. The standard InChI is InChI=1S/C11H10BrClN2S/c1-7-2-3-8(5-14-7)15-6-9-4-10(12)11(13)16-9/h2-5,15H,6H2,1H3. The Hall–Kier alpha value is -0.580. The summed E-state index contributed by atoms with van der Waals surface area (Å²) in [5.41, 5.74) is 2.04. The first-order chi connectivity index (χ1) is 7.65. The summed E-state index contributed by atoms with van der Waals surface area (Å²) in [7, 11) is 0. The molecule has 0 spiro atoms. The van der Waals surface area contributed by atoms with Gasteiger partial charge in [-0.2, -0.15) is 0 Å². The number of nitrogens with one attached hydrogen (secondary N) is 1. The molecule has 0 bridgehead atoms. The van der Waals surface area contributed by atoms with E-state index in [1.165, 1.54) is 4.88 Å².